The minimum atomic E-state index is -0.0444. The highest BCUT2D eigenvalue weighted by molar-refractivity contribution is 5.38. The molecule has 1 saturated heterocycles. The van der Waals surface area contributed by atoms with Crippen LogP contribution in [-0.2, 0) is 5.54 Å². The molecule has 1 aliphatic rings. The van der Waals surface area contributed by atoms with E-state index in [-0.39, 0.29) is 5.54 Å². The predicted octanol–water partition coefficient (Wildman–Crippen LogP) is 2.06. The molecule has 2 aromatic rings. The van der Waals surface area contributed by atoms with Gasteiger partial charge in [0.1, 0.15) is 0 Å². The van der Waals surface area contributed by atoms with E-state index in [1.807, 2.05) is 24.4 Å². The molecule has 0 atom stereocenters. The summed E-state index contributed by atoms with van der Waals surface area (Å²) in [5.74, 6) is 1.04. The minimum Gasteiger partial charge on any atom is -0.291 e. The number of rotatable bonds is 2. The molecule has 0 aliphatic carbocycles. The average molecular weight is 230 g/mol. The summed E-state index contributed by atoms with van der Waals surface area (Å²) in [6.45, 7) is 6.80. The van der Waals surface area contributed by atoms with Crippen LogP contribution in [0.5, 0.6) is 0 Å². The zero-order valence-corrected chi connectivity index (χ0v) is 10.4. The van der Waals surface area contributed by atoms with Gasteiger partial charge in [0.15, 0.2) is 11.5 Å². The van der Waals surface area contributed by atoms with Gasteiger partial charge in [-0.2, -0.15) is 0 Å². The molecule has 2 aromatic heterocycles. The minimum absolute atomic E-state index is 0.0444. The van der Waals surface area contributed by atoms with Crippen molar-refractivity contribution in [3.8, 4) is 0 Å². The lowest BCUT2D eigenvalue weighted by atomic mass is 10.0. The molecule has 1 aliphatic heterocycles. The largest absolute Gasteiger partial charge is 0.291 e. The van der Waals surface area contributed by atoms with Gasteiger partial charge in [0.2, 0.25) is 0 Å². The van der Waals surface area contributed by atoms with Crippen molar-refractivity contribution in [3.05, 3.63) is 30.2 Å². The summed E-state index contributed by atoms with van der Waals surface area (Å²) < 4.78 is 2.10. The van der Waals surface area contributed by atoms with Gasteiger partial charge >= 0.3 is 0 Å². The van der Waals surface area contributed by atoms with Crippen molar-refractivity contribution in [2.24, 2.45) is 0 Å². The number of likely N-dealkylation sites (tertiary alicyclic amines) is 1. The highest BCUT2D eigenvalue weighted by Gasteiger charge is 2.34. The summed E-state index contributed by atoms with van der Waals surface area (Å²) in [7, 11) is 0. The quantitative estimate of drug-likeness (QED) is 0.791. The first kappa shape index (κ1) is 10.7. The van der Waals surface area contributed by atoms with Crippen LogP contribution in [0.25, 0.3) is 5.65 Å². The second kappa shape index (κ2) is 3.81. The molecule has 1 fully saturated rings. The zero-order chi connectivity index (χ0) is 11.9. The Bertz CT molecular complexity index is 523. The Balaban J connectivity index is 2.07. The second-order valence-corrected chi connectivity index (χ2v) is 5.21. The van der Waals surface area contributed by atoms with Crippen LogP contribution < -0.4 is 0 Å². The lowest BCUT2D eigenvalue weighted by Crippen LogP contribution is -2.40. The van der Waals surface area contributed by atoms with E-state index in [1.54, 1.807) is 0 Å². The first-order valence-corrected chi connectivity index (χ1v) is 6.25. The van der Waals surface area contributed by atoms with Crippen molar-refractivity contribution in [3.63, 3.8) is 0 Å². The van der Waals surface area contributed by atoms with Gasteiger partial charge in [-0.05, 0) is 51.9 Å². The maximum Gasteiger partial charge on any atom is 0.160 e. The molecule has 0 saturated carbocycles. The van der Waals surface area contributed by atoms with Crippen molar-refractivity contribution in [1.82, 2.24) is 19.5 Å². The van der Waals surface area contributed by atoms with Crippen molar-refractivity contribution >= 4 is 5.65 Å². The molecular formula is C13H18N4. The number of aromatic nitrogens is 3. The monoisotopic (exact) mass is 230 g/mol. The van der Waals surface area contributed by atoms with Crippen LogP contribution in [0.1, 0.15) is 32.5 Å². The van der Waals surface area contributed by atoms with E-state index in [4.69, 9.17) is 0 Å². The van der Waals surface area contributed by atoms with E-state index >= 15 is 0 Å². The standard InChI is InChI=1S/C13H18N4/c1-13(2,16-8-5-6-9-16)12-15-14-11-7-3-4-10-17(11)12/h3-4,7,10H,5-6,8-9H2,1-2H3. The van der Waals surface area contributed by atoms with E-state index in [2.05, 4.69) is 33.3 Å². The summed E-state index contributed by atoms with van der Waals surface area (Å²) in [6, 6.07) is 6.02. The van der Waals surface area contributed by atoms with E-state index in [9.17, 15) is 0 Å². The molecule has 0 radical (unpaired) electrons. The van der Waals surface area contributed by atoms with E-state index in [0.717, 1.165) is 24.6 Å². The topological polar surface area (TPSA) is 33.4 Å². The maximum atomic E-state index is 4.38. The molecule has 0 bridgehead atoms. The van der Waals surface area contributed by atoms with Crippen molar-refractivity contribution < 1.29 is 0 Å². The molecule has 0 aromatic carbocycles. The van der Waals surface area contributed by atoms with Gasteiger partial charge < -0.3 is 0 Å². The van der Waals surface area contributed by atoms with Gasteiger partial charge in [0.05, 0.1) is 5.54 Å². The van der Waals surface area contributed by atoms with E-state index in [0.29, 0.717) is 0 Å². The van der Waals surface area contributed by atoms with Crippen LogP contribution in [-0.4, -0.2) is 32.6 Å². The maximum absolute atomic E-state index is 4.38. The molecular weight excluding hydrogens is 212 g/mol. The molecule has 4 nitrogen and oxygen atoms in total. The van der Waals surface area contributed by atoms with Crippen molar-refractivity contribution in [1.29, 1.82) is 0 Å². The summed E-state index contributed by atoms with van der Waals surface area (Å²) in [4.78, 5) is 2.50. The van der Waals surface area contributed by atoms with Gasteiger partial charge in [-0.3, -0.25) is 9.30 Å². The predicted molar refractivity (Wildman–Crippen MR) is 66.8 cm³/mol. The van der Waals surface area contributed by atoms with Crippen LogP contribution in [0.4, 0.5) is 0 Å². The Hall–Kier alpha value is -1.42. The Labute approximate surface area is 101 Å². The average Bonchev–Trinajstić information content (AvgIpc) is 2.99. The molecule has 3 heterocycles. The fourth-order valence-corrected chi connectivity index (χ4v) is 2.68. The van der Waals surface area contributed by atoms with Gasteiger partial charge in [-0.1, -0.05) is 6.07 Å². The van der Waals surface area contributed by atoms with Crippen LogP contribution in [0.15, 0.2) is 24.4 Å². The lowest BCUT2D eigenvalue weighted by Gasteiger charge is -2.33. The van der Waals surface area contributed by atoms with E-state index in [1.165, 1.54) is 12.8 Å². The van der Waals surface area contributed by atoms with E-state index < -0.39 is 0 Å². The number of hydrogen-bond donors (Lipinski definition) is 0. The van der Waals surface area contributed by atoms with Crippen molar-refractivity contribution in [2.75, 3.05) is 13.1 Å². The fourth-order valence-electron chi connectivity index (χ4n) is 2.68. The molecule has 4 heteroatoms. The first-order chi connectivity index (χ1) is 8.19. The molecule has 0 amide bonds. The number of fused-ring (bicyclic) bond motifs is 1. The summed E-state index contributed by atoms with van der Waals surface area (Å²) in [5.41, 5.74) is 0.881. The molecule has 0 unspecified atom stereocenters. The van der Waals surface area contributed by atoms with Crippen LogP contribution >= 0.6 is 0 Å². The van der Waals surface area contributed by atoms with Gasteiger partial charge in [0, 0.05) is 6.20 Å². The number of hydrogen-bond acceptors (Lipinski definition) is 3. The SMILES string of the molecule is CC(C)(c1nnc2ccccn12)N1CCCC1. The van der Waals surface area contributed by atoms with Crippen molar-refractivity contribution in [2.45, 2.75) is 32.2 Å². The van der Waals surface area contributed by atoms with Gasteiger partial charge in [0.25, 0.3) is 0 Å². The highest BCUT2D eigenvalue weighted by atomic mass is 15.3. The summed E-state index contributed by atoms with van der Waals surface area (Å²) in [6.07, 6.45) is 4.63. The van der Waals surface area contributed by atoms with Crippen LogP contribution in [0.3, 0.4) is 0 Å². The third kappa shape index (κ3) is 1.63. The summed E-state index contributed by atoms with van der Waals surface area (Å²) >= 11 is 0. The zero-order valence-electron chi connectivity index (χ0n) is 10.4. The number of pyridine rings is 1. The molecule has 0 spiro atoms. The first-order valence-electron chi connectivity index (χ1n) is 6.25. The second-order valence-electron chi connectivity index (χ2n) is 5.21. The Morgan fingerprint density at radius 3 is 2.65 bits per heavy atom. The highest BCUT2D eigenvalue weighted by Crippen LogP contribution is 2.29. The number of nitrogens with zero attached hydrogens (tertiary/aromatic N) is 4. The molecule has 90 valence electrons. The molecule has 0 N–H and O–H groups in total. The Kier molecular flexibility index (Phi) is 2.40. The van der Waals surface area contributed by atoms with Crippen LogP contribution in [0, 0.1) is 0 Å². The van der Waals surface area contributed by atoms with Crippen LogP contribution in [0.2, 0.25) is 0 Å². The third-order valence-electron chi connectivity index (χ3n) is 3.76. The third-order valence-corrected chi connectivity index (χ3v) is 3.76. The lowest BCUT2D eigenvalue weighted by molar-refractivity contribution is 0.144. The van der Waals surface area contributed by atoms with Gasteiger partial charge in [-0.25, -0.2) is 0 Å². The summed E-state index contributed by atoms with van der Waals surface area (Å²) in [5, 5.41) is 8.63. The molecule has 3 rings (SSSR count). The Morgan fingerprint density at radius 2 is 1.88 bits per heavy atom. The Morgan fingerprint density at radius 1 is 1.12 bits per heavy atom. The smallest absolute Gasteiger partial charge is 0.160 e. The fraction of sp³-hybridized carbons (Fsp3) is 0.538. The molecule has 17 heavy (non-hydrogen) atoms. The normalized spacial score (nSPS) is 18.0. The van der Waals surface area contributed by atoms with Gasteiger partial charge in [-0.15, -0.1) is 10.2 Å².